The van der Waals surface area contributed by atoms with E-state index in [1.54, 1.807) is 18.3 Å². The SMILES string of the molecule is Cc1ccc(-n2cccc2[C@@H]2[C@H](c3ccccn3)NC(=S)N2c2ccc(NS(C)(=O)=O)cc2)cc1C. The van der Waals surface area contributed by atoms with E-state index in [9.17, 15) is 8.42 Å². The number of aromatic nitrogens is 2. The monoisotopic (exact) mass is 517 g/mol. The molecule has 0 bridgehead atoms. The number of hydrogen-bond donors (Lipinski definition) is 2. The van der Waals surface area contributed by atoms with Gasteiger partial charge in [-0.15, -0.1) is 0 Å². The van der Waals surface area contributed by atoms with Crippen LogP contribution in [0.4, 0.5) is 11.4 Å². The highest BCUT2D eigenvalue weighted by molar-refractivity contribution is 7.92. The Bertz CT molecular complexity index is 1520. The van der Waals surface area contributed by atoms with Crippen LogP contribution in [0.25, 0.3) is 5.69 Å². The summed E-state index contributed by atoms with van der Waals surface area (Å²) in [5.74, 6) is 0. The molecule has 0 aliphatic carbocycles. The Labute approximate surface area is 216 Å². The smallest absolute Gasteiger partial charge is 0.229 e. The maximum Gasteiger partial charge on any atom is 0.229 e. The third-order valence-electron chi connectivity index (χ3n) is 6.40. The van der Waals surface area contributed by atoms with Gasteiger partial charge >= 0.3 is 0 Å². The van der Waals surface area contributed by atoms with Crippen LogP contribution in [0.3, 0.4) is 0 Å². The minimum Gasteiger partial charge on any atom is -0.351 e. The van der Waals surface area contributed by atoms with Crippen molar-refractivity contribution in [3.63, 3.8) is 0 Å². The van der Waals surface area contributed by atoms with Crippen molar-refractivity contribution in [2.45, 2.75) is 25.9 Å². The highest BCUT2D eigenvalue weighted by atomic mass is 32.2. The molecule has 5 rings (SSSR count). The minimum atomic E-state index is -3.37. The molecule has 2 aromatic heterocycles. The van der Waals surface area contributed by atoms with E-state index in [4.69, 9.17) is 12.2 Å². The van der Waals surface area contributed by atoms with Gasteiger partial charge in [-0.3, -0.25) is 9.71 Å². The van der Waals surface area contributed by atoms with Crippen molar-refractivity contribution in [3.8, 4) is 5.69 Å². The average molecular weight is 518 g/mol. The predicted octanol–water partition coefficient (Wildman–Crippen LogP) is 5.04. The summed E-state index contributed by atoms with van der Waals surface area (Å²) in [6.45, 7) is 4.22. The first-order valence-electron chi connectivity index (χ1n) is 11.5. The van der Waals surface area contributed by atoms with Crippen molar-refractivity contribution in [2.24, 2.45) is 0 Å². The van der Waals surface area contributed by atoms with Crippen molar-refractivity contribution in [2.75, 3.05) is 15.9 Å². The summed E-state index contributed by atoms with van der Waals surface area (Å²) in [5, 5.41) is 4.06. The third-order valence-corrected chi connectivity index (χ3v) is 7.32. The molecule has 1 fully saturated rings. The Morgan fingerprint density at radius 1 is 0.944 bits per heavy atom. The molecule has 9 heteroatoms. The predicted molar refractivity (Wildman–Crippen MR) is 148 cm³/mol. The van der Waals surface area contributed by atoms with Crippen LogP contribution >= 0.6 is 12.2 Å². The molecule has 2 aromatic carbocycles. The van der Waals surface area contributed by atoms with Crippen molar-refractivity contribution < 1.29 is 8.42 Å². The Balaban J connectivity index is 1.61. The molecule has 3 heterocycles. The van der Waals surface area contributed by atoms with Crippen LogP contribution in [0.15, 0.2) is 85.2 Å². The zero-order valence-corrected chi connectivity index (χ0v) is 21.8. The van der Waals surface area contributed by atoms with Gasteiger partial charge < -0.3 is 14.8 Å². The number of nitrogens with zero attached hydrogens (tertiary/aromatic N) is 3. The second-order valence-electron chi connectivity index (χ2n) is 8.99. The van der Waals surface area contributed by atoms with Crippen LogP contribution < -0.4 is 14.9 Å². The van der Waals surface area contributed by atoms with Crippen LogP contribution in [0.2, 0.25) is 0 Å². The van der Waals surface area contributed by atoms with Gasteiger partial charge in [0, 0.05) is 35.1 Å². The number of sulfonamides is 1. The highest BCUT2D eigenvalue weighted by Gasteiger charge is 2.42. The fraction of sp³-hybridized carbons (Fsp3) is 0.185. The standard InChI is InChI=1S/C27H27N5O2S2/c1-18-9-12-22(17-19(18)2)31-16-6-8-24(31)26-25(23-7-4-5-15-28-23)29-27(35)32(26)21-13-10-20(11-14-21)30-36(3,33)34/h4-17,25-26,30H,1-3H3,(H,29,35)/t25-,26+/m0/s1. The molecule has 7 nitrogen and oxygen atoms in total. The average Bonchev–Trinajstić information content (AvgIpc) is 3.45. The van der Waals surface area contributed by atoms with E-state index < -0.39 is 10.0 Å². The van der Waals surface area contributed by atoms with Crippen molar-refractivity contribution in [1.29, 1.82) is 0 Å². The fourth-order valence-corrected chi connectivity index (χ4v) is 5.49. The van der Waals surface area contributed by atoms with Gasteiger partial charge in [-0.25, -0.2) is 8.42 Å². The molecule has 0 saturated carbocycles. The van der Waals surface area contributed by atoms with Gasteiger partial charge in [-0.2, -0.15) is 0 Å². The van der Waals surface area contributed by atoms with Crippen molar-refractivity contribution >= 4 is 38.7 Å². The quantitative estimate of drug-likeness (QED) is 0.349. The van der Waals surface area contributed by atoms with E-state index in [2.05, 4.69) is 68.8 Å². The zero-order valence-electron chi connectivity index (χ0n) is 20.2. The summed E-state index contributed by atoms with van der Waals surface area (Å²) in [4.78, 5) is 6.71. The van der Waals surface area contributed by atoms with Crippen LogP contribution in [-0.4, -0.2) is 29.3 Å². The number of rotatable bonds is 6. The molecule has 0 unspecified atom stereocenters. The largest absolute Gasteiger partial charge is 0.351 e. The van der Waals surface area contributed by atoms with Gasteiger partial charge in [0.15, 0.2) is 5.11 Å². The zero-order chi connectivity index (χ0) is 25.4. The van der Waals surface area contributed by atoms with Crippen LogP contribution in [0, 0.1) is 13.8 Å². The third kappa shape index (κ3) is 4.72. The summed E-state index contributed by atoms with van der Waals surface area (Å²) >= 11 is 5.84. The summed E-state index contributed by atoms with van der Waals surface area (Å²) in [7, 11) is -3.37. The number of hydrogen-bond acceptors (Lipinski definition) is 4. The normalized spacial score (nSPS) is 17.8. The maximum absolute atomic E-state index is 11.7. The molecular weight excluding hydrogens is 490 g/mol. The summed E-state index contributed by atoms with van der Waals surface area (Å²) in [6.07, 6.45) is 4.98. The number of pyridine rings is 1. The molecule has 184 valence electrons. The van der Waals surface area contributed by atoms with Crippen LogP contribution in [-0.2, 0) is 10.0 Å². The number of benzene rings is 2. The lowest BCUT2D eigenvalue weighted by atomic mass is 10.0. The fourth-order valence-electron chi connectivity index (χ4n) is 4.58. The summed E-state index contributed by atoms with van der Waals surface area (Å²) in [5.41, 5.74) is 6.82. The molecule has 1 aliphatic heterocycles. The second-order valence-corrected chi connectivity index (χ2v) is 11.1. The van der Waals surface area contributed by atoms with Gasteiger partial charge in [0.05, 0.1) is 18.0 Å². The molecular formula is C27H27N5O2S2. The molecule has 1 aliphatic rings. The maximum atomic E-state index is 11.7. The Kier molecular flexibility index (Phi) is 6.27. The van der Waals surface area contributed by atoms with E-state index in [-0.39, 0.29) is 12.1 Å². The Morgan fingerprint density at radius 3 is 2.36 bits per heavy atom. The molecule has 0 spiro atoms. The Morgan fingerprint density at radius 2 is 1.69 bits per heavy atom. The second kappa shape index (κ2) is 9.40. The lowest BCUT2D eigenvalue weighted by molar-refractivity contribution is 0.549. The lowest BCUT2D eigenvalue weighted by Gasteiger charge is -2.29. The molecule has 2 N–H and O–H groups in total. The summed E-state index contributed by atoms with van der Waals surface area (Å²) < 4.78 is 28.0. The number of nitrogens with one attached hydrogen (secondary N) is 2. The first-order chi connectivity index (χ1) is 17.2. The molecule has 0 amide bonds. The molecule has 4 aromatic rings. The molecule has 36 heavy (non-hydrogen) atoms. The minimum absolute atomic E-state index is 0.187. The molecule has 0 radical (unpaired) electrons. The van der Waals surface area contributed by atoms with Crippen molar-refractivity contribution in [1.82, 2.24) is 14.9 Å². The first-order valence-corrected chi connectivity index (χ1v) is 13.8. The van der Waals surface area contributed by atoms with Gasteiger partial charge in [-0.05, 0) is 97.9 Å². The lowest BCUT2D eigenvalue weighted by Crippen LogP contribution is -2.30. The Hall–Kier alpha value is -3.69. The number of thiocarbonyl (C=S) groups is 1. The van der Waals surface area contributed by atoms with Gasteiger partial charge in [0.25, 0.3) is 0 Å². The van der Waals surface area contributed by atoms with Gasteiger partial charge in [0.2, 0.25) is 10.0 Å². The van der Waals surface area contributed by atoms with E-state index in [1.165, 1.54) is 11.1 Å². The van der Waals surface area contributed by atoms with Crippen LogP contribution in [0.5, 0.6) is 0 Å². The first kappa shape index (κ1) is 24.0. The van der Waals surface area contributed by atoms with E-state index in [1.807, 2.05) is 36.4 Å². The number of aryl methyl sites for hydroxylation is 2. The van der Waals surface area contributed by atoms with E-state index in [0.29, 0.717) is 10.8 Å². The van der Waals surface area contributed by atoms with Crippen molar-refractivity contribution in [3.05, 3.63) is 108 Å². The van der Waals surface area contributed by atoms with Gasteiger partial charge in [0.1, 0.15) is 6.04 Å². The number of anilines is 2. The van der Waals surface area contributed by atoms with Gasteiger partial charge in [-0.1, -0.05) is 12.1 Å². The van der Waals surface area contributed by atoms with E-state index in [0.717, 1.165) is 29.0 Å². The topological polar surface area (TPSA) is 79.3 Å². The highest BCUT2D eigenvalue weighted by Crippen LogP contribution is 2.42. The van der Waals surface area contributed by atoms with E-state index >= 15 is 0 Å². The molecule has 2 atom stereocenters. The van der Waals surface area contributed by atoms with Crippen LogP contribution in [0.1, 0.15) is 34.6 Å². The molecule has 1 saturated heterocycles. The summed E-state index contributed by atoms with van der Waals surface area (Å²) in [6, 6.07) is 23.3.